The molecule has 19 heavy (non-hydrogen) atoms. The molecule has 4 heteroatoms. The van der Waals surface area contributed by atoms with E-state index < -0.39 is 6.10 Å². The quantitative estimate of drug-likeness (QED) is 0.762. The van der Waals surface area contributed by atoms with Crippen LogP contribution in [0.4, 0.5) is 5.69 Å². The molecule has 1 atom stereocenters. The minimum atomic E-state index is -0.584. The van der Waals surface area contributed by atoms with Crippen molar-refractivity contribution in [3.05, 3.63) is 29.8 Å². The van der Waals surface area contributed by atoms with E-state index >= 15 is 0 Å². The summed E-state index contributed by atoms with van der Waals surface area (Å²) in [6, 6.07) is 7.83. The lowest BCUT2D eigenvalue weighted by Gasteiger charge is -2.15. The Hall–Kier alpha value is -1.39. The number of hydrogen-bond acceptors (Lipinski definition) is 3. The van der Waals surface area contributed by atoms with Gasteiger partial charge in [0.05, 0.1) is 12.6 Å². The zero-order valence-electron chi connectivity index (χ0n) is 11.4. The molecular weight excluding hydrogens is 240 g/mol. The topological polar surface area (TPSA) is 61.4 Å². The Balaban J connectivity index is 1.87. The first-order valence-electron chi connectivity index (χ1n) is 6.97. The molecule has 0 spiro atoms. The molecule has 1 amide bonds. The van der Waals surface area contributed by atoms with Crippen molar-refractivity contribution in [1.82, 2.24) is 5.32 Å². The zero-order chi connectivity index (χ0) is 13.7. The molecule has 1 saturated carbocycles. The van der Waals surface area contributed by atoms with E-state index in [2.05, 4.69) is 10.6 Å². The Bertz CT molecular complexity index is 426. The van der Waals surface area contributed by atoms with Gasteiger partial charge in [0.1, 0.15) is 0 Å². The van der Waals surface area contributed by atoms with E-state index in [9.17, 15) is 9.90 Å². The fraction of sp³-hybridized carbons (Fsp3) is 0.533. The van der Waals surface area contributed by atoms with E-state index in [1.54, 1.807) is 6.92 Å². The smallest absolute Gasteiger partial charge is 0.238 e. The molecule has 104 valence electrons. The van der Waals surface area contributed by atoms with Crippen molar-refractivity contribution < 1.29 is 9.90 Å². The van der Waals surface area contributed by atoms with E-state index in [1.807, 2.05) is 24.3 Å². The summed E-state index contributed by atoms with van der Waals surface area (Å²) in [6.07, 6.45) is 4.25. The van der Waals surface area contributed by atoms with Gasteiger partial charge in [0.15, 0.2) is 0 Å². The average molecular weight is 262 g/mol. The lowest BCUT2D eigenvalue weighted by atomic mass is 10.1. The summed E-state index contributed by atoms with van der Waals surface area (Å²) >= 11 is 0. The van der Waals surface area contributed by atoms with Crippen LogP contribution in [0.25, 0.3) is 0 Å². The lowest BCUT2D eigenvalue weighted by Crippen LogP contribution is -2.34. The molecular formula is C15H22N2O2. The van der Waals surface area contributed by atoms with E-state index in [4.69, 9.17) is 0 Å². The van der Waals surface area contributed by atoms with Gasteiger partial charge in [-0.25, -0.2) is 0 Å². The molecule has 1 unspecified atom stereocenters. The third kappa shape index (κ3) is 4.04. The van der Waals surface area contributed by atoms with Crippen LogP contribution in [0.3, 0.4) is 0 Å². The molecule has 0 heterocycles. The lowest BCUT2D eigenvalue weighted by molar-refractivity contribution is -0.115. The fourth-order valence-electron chi connectivity index (χ4n) is 2.54. The second-order valence-corrected chi connectivity index (χ2v) is 5.17. The normalized spacial score (nSPS) is 17.4. The maximum absolute atomic E-state index is 11.9. The van der Waals surface area contributed by atoms with Gasteiger partial charge in [-0.3, -0.25) is 4.79 Å². The van der Waals surface area contributed by atoms with Crippen molar-refractivity contribution in [1.29, 1.82) is 0 Å². The van der Waals surface area contributed by atoms with E-state index in [1.165, 1.54) is 12.8 Å². The van der Waals surface area contributed by atoms with Crippen molar-refractivity contribution in [2.24, 2.45) is 0 Å². The molecule has 0 saturated heterocycles. The van der Waals surface area contributed by atoms with Gasteiger partial charge >= 0.3 is 0 Å². The van der Waals surface area contributed by atoms with Gasteiger partial charge in [-0.15, -0.1) is 0 Å². The molecule has 0 bridgehead atoms. The minimum absolute atomic E-state index is 0.0556. The summed E-state index contributed by atoms with van der Waals surface area (Å²) in [7, 11) is 0. The number of aliphatic hydroxyl groups is 1. The molecule has 1 aromatic carbocycles. The monoisotopic (exact) mass is 262 g/mol. The van der Waals surface area contributed by atoms with E-state index in [0.717, 1.165) is 18.4 Å². The fourth-order valence-corrected chi connectivity index (χ4v) is 2.54. The Labute approximate surface area is 114 Å². The second-order valence-electron chi connectivity index (χ2n) is 5.17. The minimum Gasteiger partial charge on any atom is -0.389 e. The zero-order valence-corrected chi connectivity index (χ0v) is 11.4. The van der Waals surface area contributed by atoms with Crippen LogP contribution in [0.15, 0.2) is 24.3 Å². The Morgan fingerprint density at radius 1 is 1.37 bits per heavy atom. The molecule has 1 fully saturated rings. The van der Waals surface area contributed by atoms with Gasteiger partial charge in [0.2, 0.25) is 5.91 Å². The predicted octanol–water partition coefficient (Wildman–Crippen LogP) is 2.21. The number of rotatable bonds is 5. The van der Waals surface area contributed by atoms with Crippen LogP contribution in [-0.4, -0.2) is 23.6 Å². The number of hydrogen-bond donors (Lipinski definition) is 3. The maximum Gasteiger partial charge on any atom is 0.238 e. The predicted molar refractivity (Wildman–Crippen MR) is 76.0 cm³/mol. The number of amides is 1. The summed E-state index contributed by atoms with van der Waals surface area (Å²) in [5.74, 6) is -0.0556. The summed E-state index contributed by atoms with van der Waals surface area (Å²) in [4.78, 5) is 11.9. The van der Waals surface area contributed by atoms with Crippen molar-refractivity contribution in [2.75, 3.05) is 11.9 Å². The van der Waals surface area contributed by atoms with Gasteiger partial charge in [0, 0.05) is 17.3 Å². The van der Waals surface area contributed by atoms with Crippen molar-refractivity contribution in [3.8, 4) is 0 Å². The van der Waals surface area contributed by atoms with Crippen LogP contribution in [-0.2, 0) is 4.79 Å². The van der Waals surface area contributed by atoms with Crippen LogP contribution >= 0.6 is 0 Å². The van der Waals surface area contributed by atoms with Gasteiger partial charge in [-0.1, -0.05) is 31.0 Å². The standard InChI is InChI=1S/C15H22N2O2/c1-11(18)13-8-4-5-9-14(13)17-15(19)10-16-12-6-2-3-7-12/h4-5,8-9,11-12,16,18H,2-3,6-7,10H2,1H3,(H,17,19). The van der Waals surface area contributed by atoms with Crippen LogP contribution in [0, 0.1) is 0 Å². The number of nitrogens with one attached hydrogen (secondary N) is 2. The number of para-hydroxylation sites is 1. The Morgan fingerprint density at radius 2 is 2.05 bits per heavy atom. The Morgan fingerprint density at radius 3 is 2.74 bits per heavy atom. The maximum atomic E-state index is 11.9. The van der Waals surface area contributed by atoms with Crippen molar-refractivity contribution >= 4 is 11.6 Å². The molecule has 1 aromatic rings. The number of aliphatic hydroxyl groups excluding tert-OH is 1. The number of carbonyl (C=O) groups excluding carboxylic acids is 1. The SMILES string of the molecule is CC(O)c1ccccc1NC(=O)CNC1CCCC1. The molecule has 4 nitrogen and oxygen atoms in total. The molecule has 0 aromatic heterocycles. The van der Waals surface area contributed by atoms with Crippen molar-refractivity contribution in [2.45, 2.75) is 44.8 Å². The van der Waals surface area contributed by atoms with Gasteiger partial charge in [-0.2, -0.15) is 0 Å². The van der Waals surface area contributed by atoms with E-state index in [-0.39, 0.29) is 5.91 Å². The molecule has 1 aliphatic carbocycles. The highest BCUT2D eigenvalue weighted by atomic mass is 16.3. The molecule has 1 aliphatic rings. The summed E-state index contributed by atoms with van der Waals surface area (Å²) < 4.78 is 0. The molecule has 3 N–H and O–H groups in total. The number of benzene rings is 1. The molecule has 2 rings (SSSR count). The summed E-state index contributed by atoms with van der Waals surface area (Å²) in [6.45, 7) is 2.03. The molecule has 0 aliphatic heterocycles. The van der Waals surface area contributed by atoms with Crippen LogP contribution < -0.4 is 10.6 Å². The van der Waals surface area contributed by atoms with Crippen LogP contribution in [0.5, 0.6) is 0 Å². The highest BCUT2D eigenvalue weighted by Crippen LogP contribution is 2.22. The van der Waals surface area contributed by atoms with Gasteiger partial charge in [0.25, 0.3) is 0 Å². The second kappa shape index (κ2) is 6.68. The molecule has 0 radical (unpaired) electrons. The van der Waals surface area contributed by atoms with E-state index in [0.29, 0.717) is 18.3 Å². The Kier molecular flexibility index (Phi) is 4.93. The number of carbonyl (C=O) groups is 1. The first-order chi connectivity index (χ1) is 9.16. The van der Waals surface area contributed by atoms with Crippen LogP contribution in [0.1, 0.15) is 44.3 Å². The highest BCUT2D eigenvalue weighted by Gasteiger charge is 2.16. The van der Waals surface area contributed by atoms with Crippen molar-refractivity contribution in [3.63, 3.8) is 0 Å². The third-order valence-corrected chi connectivity index (χ3v) is 3.59. The largest absolute Gasteiger partial charge is 0.389 e. The summed E-state index contributed by atoms with van der Waals surface area (Å²) in [5.41, 5.74) is 1.44. The highest BCUT2D eigenvalue weighted by molar-refractivity contribution is 5.93. The number of anilines is 1. The first kappa shape index (κ1) is 14.0. The third-order valence-electron chi connectivity index (χ3n) is 3.59. The first-order valence-corrected chi connectivity index (χ1v) is 6.97. The van der Waals surface area contributed by atoms with Crippen LogP contribution in [0.2, 0.25) is 0 Å². The average Bonchev–Trinajstić information content (AvgIpc) is 2.90. The summed E-state index contributed by atoms with van der Waals surface area (Å²) in [5, 5.41) is 15.8. The van der Waals surface area contributed by atoms with Gasteiger partial charge < -0.3 is 15.7 Å². The van der Waals surface area contributed by atoms with Gasteiger partial charge in [-0.05, 0) is 25.8 Å².